The number of carbonyl (C=O) groups is 1. The molecular weight excluding hydrogens is 334 g/mol. The molecule has 0 saturated carbocycles. The van der Waals surface area contributed by atoms with E-state index in [-0.39, 0.29) is 23.3 Å². The van der Waals surface area contributed by atoms with E-state index in [1.54, 1.807) is 12.1 Å². The van der Waals surface area contributed by atoms with Gasteiger partial charge in [0.15, 0.2) is 0 Å². The molecule has 0 radical (unpaired) electrons. The molecule has 0 aromatic heterocycles. The van der Waals surface area contributed by atoms with E-state index in [2.05, 4.69) is 5.32 Å². The maximum Gasteiger partial charge on any atom is 0.293 e. The summed E-state index contributed by atoms with van der Waals surface area (Å²) in [6, 6.07) is 12.6. The van der Waals surface area contributed by atoms with Crippen LogP contribution in [0.2, 0.25) is 0 Å². The first kappa shape index (κ1) is 17.9. The van der Waals surface area contributed by atoms with Crippen molar-refractivity contribution in [3.8, 4) is 0 Å². The number of amides is 1. The average molecular weight is 355 g/mol. The second-order valence-corrected chi connectivity index (χ2v) is 6.20. The highest BCUT2D eigenvalue weighted by molar-refractivity contribution is 5.95. The summed E-state index contributed by atoms with van der Waals surface area (Å²) in [5.74, 6) is -0.348. The molecule has 0 spiro atoms. The van der Waals surface area contributed by atoms with Crippen molar-refractivity contribution in [1.29, 1.82) is 0 Å². The number of rotatable bonds is 4. The van der Waals surface area contributed by atoms with Gasteiger partial charge in [0.2, 0.25) is 0 Å². The maximum absolute atomic E-state index is 11.8. The average Bonchev–Trinajstić information content (AvgIpc) is 2.67. The molecule has 1 heterocycles. The summed E-state index contributed by atoms with van der Waals surface area (Å²) in [4.78, 5) is 24.8. The molecule has 1 N–H and O–H groups in total. The van der Waals surface area contributed by atoms with Crippen LogP contribution in [0.25, 0.3) is 0 Å². The summed E-state index contributed by atoms with van der Waals surface area (Å²) in [5, 5.41) is 14.0. The first-order valence-corrected chi connectivity index (χ1v) is 8.44. The highest BCUT2D eigenvalue weighted by atomic mass is 16.6. The number of nitrogens with zero attached hydrogens (tertiary/aromatic N) is 2. The van der Waals surface area contributed by atoms with Crippen LogP contribution in [0.15, 0.2) is 42.5 Å². The number of carbonyl (C=O) groups excluding carboxylic acids is 1. The van der Waals surface area contributed by atoms with Gasteiger partial charge in [-0.2, -0.15) is 0 Å². The molecule has 0 bridgehead atoms. The van der Waals surface area contributed by atoms with Crippen molar-refractivity contribution in [2.45, 2.75) is 13.0 Å². The van der Waals surface area contributed by atoms with Crippen LogP contribution in [-0.4, -0.2) is 37.6 Å². The van der Waals surface area contributed by atoms with Crippen LogP contribution in [0.4, 0.5) is 11.4 Å². The molecule has 2 aromatic rings. The predicted molar refractivity (Wildman–Crippen MR) is 98.6 cm³/mol. The normalized spacial score (nSPS) is 17.0. The highest BCUT2D eigenvalue weighted by Gasteiger charge is 2.28. The molecule has 1 atom stereocenters. The van der Waals surface area contributed by atoms with Crippen molar-refractivity contribution >= 4 is 17.3 Å². The molecule has 1 aliphatic rings. The lowest BCUT2D eigenvalue weighted by Crippen LogP contribution is -2.39. The van der Waals surface area contributed by atoms with Gasteiger partial charge in [0, 0.05) is 31.8 Å². The topological polar surface area (TPSA) is 84.7 Å². The maximum atomic E-state index is 11.8. The Morgan fingerprint density at radius 2 is 2.08 bits per heavy atom. The molecule has 1 aliphatic heterocycles. The van der Waals surface area contributed by atoms with Crippen LogP contribution < -0.4 is 10.2 Å². The van der Waals surface area contributed by atoms with Gasteiger partial charge in [0.25, 0.3) is 11.6 Å². The third-order valence-electron chi connectivity index (χ3n) is 4.60. The fourth-order valence-electron chi connectivity index (χ4n) is 3.23. The Morgan fingerprint density at radius 3 is 2.77 bits per heavy atom. The van der Waals surface area contributed by atoms with Crippen molar-refractivity contribution in [2.75, 3.05) is 31.6 Å². The van der Waals surface area contributed by atoms with Crippen LogP contribution in [0, 0.1) is 17.0 Å². The zero-order valence-electron chi connectivity index (χ0n) is 14.8. The second kappa shape index (κ2) is 7.53. The molecule has 0 aliphatic carbocycles. The molecular formula is C19H21N3O4. The number of anilines is 1. The third kappa shape index (κ3) is 3.52. The molecule has 1 amide bonds. The quantitative estimate of drug-likeness (QED) is 0.673. The fourth-order valence-corrected chi connectivity index (χ4v) is 3.23. The number of morpholine rings is 1. The van der Waals surface area contributed by atoms with Crippen LogP contribution in [0.3, 0.4) is 0 Å². The van der Waals surface area contributed by atoms with Crippen molar-refractivity contribution in [3.05, 3.63) is 69.3 Å². The largest absolute Gasteiger partial charge is 0.370 e. The molecule has 26 heavy (non-hydrogen) atoms. The Labute approximate surface area is 151 Å². The molecule has 2 aromatic carbocycles. The van der Waals surface area contributed by atoms with Gasteiger partial charge in [-0.25, -0.2) is 0 Å². The Balaban J connectivity index is 1.92. The van der Waals surface area contributed by atoms with Gasteiger partial charge in [-0.3, -0.25) is 14.9 Å². The van der Waals surface area contributed by atoms with E-state index in [0.29, 0.717) is 25.4 Å². The lowest BCUT2D eigenvalue weighted by atomic mass is 10.0. The molecule has 136 valence electrons. The first-order valence-electron chi connectivity index (χ1n) is 8.44. The van der Waals surface area contributed by atoms with Crippen molar-refractivity contribution in [3.63, 3.8) is 0 Å². The van der Waals surface area contributed by atoms with E-state index < -0.39 is 4.92 Å². The summed E-state index contributed by atoms with van der Waals surface area (Å²) >= 11 is 0. The Morgan fingerprint density at radius 1 is 1.31 bits per heavy atom. The van der Waals surface area contributed by atoms with Gasteiger partial charge >= 0.3 is 0 Å². The van der Waals surface area contributed by atoms with Gasteiger partial charge in [-0.05, 0) is 30.2 Å². The monoisotopic (exact) mass is 355 g/mol. The number of nitro benzene ring substituents is 1. The van der Waals surface area contributed by atoms with E-state index in [4.69, 9.17) is 4.74 Å². The van der Waals surface area contributed by atoms with Gasteiger partial charge in [-0.15, -0.1) is 0 Å². The van der Waals surface area contributed by atoms with Crippen LogP contribution in [0.1, 0.15) is 27.6 Å². The second-order valence-electron chi connectivity index (χ2n) is 6.20. The smallest absolute Gasteiger partial charge is 0.293 e. The zero-order chi connectivity index (χ0) is 18.7. The lowest BCUT2D eigenvalue weighted by Gasteiger charge is -2.35. The predicted octanol–water partition coefficient (Wildman–Crippen LogP) is 2.84. The SMILES string of the molecule is CNC(=O)c1ccc(N2CCOC(c3ccccc3C)C2)c([N+](=O)[O-])c1. The number of nitro groups is 1. The van der Waals surface area contributed by atoms with Crippen molar-refractivity contribution in [1.82, 2.24) is 5.32 Å². The molecule has 7 heteroatoms. The summed E-state index contributed by atoms with van der Waals surface area (Å²) < 4.78 is 5.90. The summed E-state index contributed by atoms with van der Waals surface area (Å²) in [5.41, 5.74) is 2.92. The number of ether oxygens (including phenoxy) is 1. The highest BCUT2D eigenvalue weighted by Crippen LogP contribution is 2.34. The minimum Gasteiger partial charge on any atom is -0.370 e. The third-order valence-corrected chi connectivity index (χ3v) is 4.60. The van der Waals surface area contributed by atoms with E-state index in [9.17, 15) is 14.9 Å². The standard InChI is InChI=1S/C19H21N3O4/c1-13-5-3-4-6-15(13)18-12-21(9-10-26-18)16-8-7-14(19(23)20-2)11-17(16)22(24)25/h3-8,11,18H,9-10,12H2,1-2H3,(H,20,23). The Hall–Kier alpha value is -2.93. The molecule has 1 unspecified atom stereocenters. The summed E-state index contributed by atoms with van der Waals surface area (Å²) in [7, 11) is 1.50. The summed E-state index contributed by atoms with van der Waals surface area (Å²) in [6.07, 6.45) is -0.150. The molecule has 1 saturated heterocycles. The molecule has 7 nitrogen and oxygen atoms in total. The molecule has 1 fully saturated rings. The van der Waals surface area contributed by atoms with E-state index in [1.807, 2.05) is 36.1 Å². The number of hydrogen-bond acceptors (Lipinski definition) is 5. The minimum atomic E-state index is -0.444. The van der Waals surface area contributed by atoms with Crippen LogP contribution >= 0.6 is 0 Å². The van der Waals surface area contributed by atoms with Gasteiger partial charge in [0.1, 0.15) is 11.8 Å². The number of hydrogen-bond donors (Lipinski definition) is 1. The number of aryl methyl sites for hydroxylation is 1. The number of nitrogens with one attached hydrogen (secondary N) is 1. The summed E-state index contributed by atoms with van der Waals surface area (Å²) in [6.45, 7) is 3.58. The Bertz CT molecular complexity index is 837. The Kier molecular flexibility index (Phi) is 5.18. The molecule has 3 rings (SSSR count). The van der Waals surface area contributed by atoms with Crippen molar-refractivity contribution < 1.29 is 14.5 Å². The first-order chi connectivity index (χ1) is 12.5. The zero-order valence-corrected chi connectivity index (χ0v) is 14.8. The van der Waals surface area contributed by atoms with Gasteiger partial charge in [0.05, 0.1) is 11.5 Å². The lowest BCUT2D eigenvalue weighted by molar-refractivity contribution is -0.384. The fraction of sp³-hybridized carbons (Fsp3) is 0.316. The van der Waals surface area contributed by atoms with E-state index in [0.717, 1.165) is 11.1 Å². The van der Waals surface area contributed by atoms with Crippen molar-refractivity contribution in [2.24, 2.45) is 0 Å². The van der Waals surface area contributed by atoms with Gasteiger partial charge < -0.3 is 15.0 Å². The van der Waals surface area contributed by atoms with E-state index >= 15 is 0 Å². The van der Waals surface area contributed by atoms with Gasteiger partial charge in [-0.1, -0.05) is 24.3 Å². The van der Waals surface area contributed by atoms with E-state index in [1.165, 1.54) is 13.1 Å². The van der Waals surface area contributed by atoms with Crippen LogP contribution in [0.5, 0.6) is 0 Å². The number of benzene rings is 2. The minimum absolute atomic E-state index is 0.0727. The van der Waals surface area contributed by atoms with Crippen LogP contribution in [-0.2, 0) is 4.74 Å².